The molecule has 1 heterocycles. The molecule has 3 aromatic rings. The minimum Gasteiger partial charge on any atom is -0.337 e. The van der Waals surface area contributed by atoms with Crippen molar-refractivity contribution < 1.29 is 9.32 Å². The summed E-state index contributed by atoms with van der Waals surface area (Å²) in [5.41, 5.74) is 2.17. The summed E-state index contributed by atoms with van der Waals surface area (Å²) in [5.74, 6) is 2.76. The van der Waals surface area contributed by atoms with E-state index in [0.29, 0.717) is 24.7 Å². The van der Waals surface area contributed by atoms with Crippen molar-refractivity contribution >= 4 is 17.7 Å². The average Bonchev–Trinajstić information content (AvgIpc) is 3.15. The molecule has 0 unspecified atom stereocenters. The molecule has 5 nitrogen and oxygen atoms in total. The Bertz CT molecular complexity index is 821. The van der Waals surface area contributed by atoms with E-state index in [1.807, 2.05) is 48.5 Å². The standard InChI is InChI=1S/C20H21N3O2S/c1-23(19(24)12-13-26-15-16-8-4-2-5-9-16)14-18-21-20(22-25-18)17-10-6-3-7-11-17/h2-11H,12-15H2,1H3. The first-order valence-corrected chi connectivity index (χ1v) is 9.61. The van der Waals surface area contributed by atoms with Crippen molar-refractivity contribution in [3.8, 4) is 11.4 Å². The first kappa shape index (κ1) is 18.2. The minimum absolute atomic E-state index is 0.0741. The van der Waals surface area contributed by atoms with Crippen LogP contribution in [0.2, 0.25) is 0 Å². The zero-order chi connectivity index (χ0) is 18.2. The van der Waals surface area contributed by atoms with Crippen LogP contribution in [-0.2, 0) is 17.1 Å². The summed E-state index contributed by atoms with van der Waals surface area (Å²) >= 11 is 1.76. The summed E-state index contributed by atoms with van der Waals surface area (Å²) in [6.07, 6.45) is 0.494. The molecule has 0 radical (unpaired) electrons. The zero-order valence-corrected chi connectivity index (χ0v) is 15.5. The van der Waals surface area contributed by atoms with Crippen molar-refractivity contribution in [2.24, 2.45) is 0 Å². The lowest BCUT2D eigenvalue weighted by Crippen LogP contribution is -2.26. The molecule has 0 spiro atoms. The molecule has 0 aliphatic heterocycles. The van der Waals surface area contributed by atoms with Crippen LogP contribution in [-0.4, -0.2) is 33.7 Å². The summed E-state index contributed by atoms with van der Waals surface area (Å²) in [7, 11) is 1.76. The molecule has 2 aromatic carbocycles. The maximum atomic E-state index is 12.3. The van der Waals surface area contributed by atoms with Crippen LogP contribution in [0.3, 0.4) is 0 Å². The highest BCUT2D eigenvalue weighted by molar-refractivity contribution is 7.98. The molecule has 0 atom stereocenters. The Kier molecular flexibility index (Phi) is 6.44. The number of hydrogen-bond acceptors (Lipinski definition) is 5. The van der Waals surface area contributed by atoms with Gasteiger partial charge in [-0.2, -0.15) is 16.7 Å². The Balaban J connectivity index is 1.43. The molecule has 1 amide bonds. The normalized spacial score (nSPS) is 10.7. The molecule has 1 aromatic heterocycles. The van der Waals surface area contributed by atoms with E-state index < -0.39 is 0 Å². The van der Waals surface area contributed by atoms with Crippen molar-refractivity contribution in [3.05, 3.63) is 72.1 Å². The number of rotatable bonds is 8. The summed E-state index contributed by atoms with van der Waals surface area (Å²) in [6.45, 7) is 0.321. The number of carbonyl (C=O) groups is 1. The summed E-state index contributed by atoms with van der Waals surface area (Å²) in [6, 6.07) is 19.9. The summed E-state index contributed by atoms with van der Waals surface area (Å²) in [4.78, 5) is 18.3. The van der Waals surface area contributed by atoms with Gasteiger partial charge in [0.15, 0.2) is 0 Å². The van der Waals surface area contributed by atoms with Crippen LogP contribution < -0.4 is 0 Å². The van der Waals surface area contributed by atoms with Crippen LogP contribution in [0.25, 0.3) is 11.4 Å². The molecule has 0 aliphatic carbocycles. The third-order valence-electron chi connectivity index (χ3n) is 3.87. The van der Waals surface area contributed by atoms with E-state index >= 15 is 0 Å². The highest BCUT2D eigenvalue weighted by Crippen LogP contribution is 2.16. The number of aromatic nitrogens is 2. The highest BCUT2D eigenvalue weighted by atomic mass is 32.2. The van der Waals surface area contributed by atoms with E-state index in [0.717, 1.165) is 17.1 Å². The van der Waals surface area contributed by atoms with Crippen LogP contribution in [0.5, 0.6) is 0 Å². The van der Waals surface area contributed by atoms with Crippen LogP contribution in [0.15, 0.2) is 65.2 Å². The molecule has 3 rings (SSSR count). The lowest BCUT2D eigenvalue weighted by atomic mass is 10.2. The molecular formula is C20H21N3O2S. The second-order valence-electron chi connectivity index (χ2n) is 5.92. The van der Waals surface area contributed by atoms with Crippen molar-refractivity contribution in [1.82, 2.24) is 15.0 Å². The van der Waals surface area contributed by atoms with Crippen molar-refractivity contribution in [2.75, 3.05) is 12.8 Å². The van der Waals surface area contributed by atoms with Crippen LogP contribution >= 0.6 is 11.8 Å². The van der Waals surface area contributed by atoms with Gasteiger partial charge in [0, 0.05) is 30.5 Å². The molecular weight excluding hydrogens is 346 g/mol. The number of amides is 1. The molecule has 26 heavy (non-hydrogen) atoms. The van der Waals surface area contributed by atoms with Gasteiger partial charge in [-0.15, -0.1) is 0 Å². The Morgan fingerprint density at radius 1 is 1.08 bits per heavy atom. The van der Waals surface area contributed by atoms with Gasteiger partial charge in [0.25, 0.3) is 0 Å². The van der Waals surface area contributed by atoms with Crippen molar-refractivity contribution in [2.45, 2.75) is 18.7 Å². The van der Waals surface area contributed by atoms with Crippen LogP contribution in [0.4, 0.5) is 0 Å². The highest BCUT2D eigenvalue weighted by Gasteiger charge is 2.14. The van der Waals surface area contributed by atoms with Crippen LogP contribution in [0.1, 0.15) is 17.9 Å². The van der Waals surface area contributed by atoms with Gasteiger partial charge in [0.2, 0.25) is 17.6 Å². The predicted octanol–water partition coefficient (Wildman–Crippen LogP) is 4.02. The molecule has 134 valence electrons. The van der Waals surface area contributed by atoms with Gasteiger partial charge in [-0.1, -0.05) is 65.8 Å². The number of nitrogens with zero attached hydrogens (tertiary/aromatic N) is 3. The van der Waals surface area contributed by atoms with E-state index in [1.54, 1.807) is 23.7 Å². The molecule has 0 aliphatic rings. The van der Waals surface area contributed by atoms with Crippen molar-refractivity contribution in [1.29, 1.82) is 0 Å². The third-order valence-corrected chi connectivity index (χ3v) is 4.90. The fourth-order valence-corrected chi connectivity index (χ4v) is 3.32. The van der Waals surface area contributed by atoms with Gasteiger partial charge in [0.05, 0.1) is 6.54 Å². The fraction of sp³-hybridized carbons (Fsp3) is 0.250. The molecule has 0 saturated carbocycles. The maximum Gasteiger partial charge on any atom is 0.246 e. The largest absolute Gasteiger partial charge is 0.337 e. The molecule has 0 saturated heterocycles. The van der Waals surface area contributed by atoms with Crippen molar-refractivity contribution in [3.63, 3.8) is 0 Å². The summed E-state index contributed by atoms with van der Waals surface area (Å²) in [5, 5.41) is 3.98. The smallest absolute Gasteiger partial charge is 0.246 e. The third kappa shape index (κ3) is 5.20. The van der Waals surface area contributed by atoms with Gasteiger partial charge in [-0.3, -0.25) is 4.79 Å². The van der Waals surface area contributed by atoms with Crippen LogP contribution in [0, 0.1) is 0 Å². The fourth-order valence-electron chi connectivity index (χ4n) is 2.43. The Morgan fingerprint density at radius 2 is 1.77 bits per heavy atom. The molecule has 6 heteroatoms. The van der Waals surface area contributed by atoms with Gasteiger partial charge < -0.3 is 9.42 Å². The topological polar surface area (TPSA) is 59.2 Å². The molecule has 0 N–H and O–H groups in total. The molecule has 0 fully saturated rings. The molecule has 0 bridgehead atoms. The number of benzene rings is 2. The SMILES string of the molecule is CN(Cc1nc(-c2ccccc2)no1)C(=O)CCSCc1ccccc1. The van der Waals surface area contributed by atoms with E-state index in [2.05, 4.69) is 22.3 Å². The Labute approximate surface area is 157 Å². The lowest BCUT2D eigenvalue weighted by Gasteiger charge is -2.14. The monoisotopic (exact) mass is 367 g/mol. The number of thioether (sulfide) groups is 1. The van der Waals surface area contributed by atoms with E-state index in [1.165, 1.54) is 5.56 Å². The average molecular weight is 367 g/mol. The lowest BCUT2D eigenvalue weighted by molar-refractivity contribution is -0.130. The first-order chi connectivity index (χ1) is 12.7. The minimum atomic E-state index is 0.0741. The van der Waals surface area contributed by atoms with Gasteiger partial charge >= 0.3 is 0 Å². The van der Waals surface area contributed by atoms with Gasteiger partial charge in [-0.25, -0.2) is 0 Å². The number of carbonyl (C=O) groups excluding carboxylic acids is 1. The zero-order valence-electron chi connectivity index (χ0n) is 14.7. The maximum absolute atomic E-state index is 12.3. The number of hydrogen-bond donors (Lipinski definition) is 0. The van der Waals surface area contributed by atoms with Gasteiger partial charge in [0.1, 0.15) is 0 Å². The van der Waals surface area contributed by atoms with E-state index in [-0.39, 0.29) is 5.91 Å². The Morgan fingerprint density at radius 3 is 2.50 bits per heavy atom. The quantitative estimate of drug-likeness (QED) is 0.563. The summed E-state index contributed by atoms with van der Waals surface area (Å²) < 4.78 is 5.26. The van der Waals surface area contributed by atoms with Gasteiger partial charge in [-0.05, 0) is 5.56 Å². The predicted molar refractivity (Wildman–Crippen MR) is 103 cm³/mol. The van der Waals surface area contributed by atoms with E-state index in [9.17, 15) is 4.79 Å². The second kappa shape index (κ2) is 9.20. The Hall–Kier alpha value is -2.60. The van der Waals surface area contributed by atoms with E-state index in [4.69, 9.17) is 4.52 Å². The first-order valence-electron chi connectivity index (χ1n) is 8.46. The second-order valence-corrected chi connectivity index (χ2v) is 7.02.